The molecule has 0 bridgehead atoms. The molecule has 4 aromatic rings. The molecule has 0 aliphatic carbocycles. The van der Waals surface area contributed by atoms with Crippen LogP contribution in [0.25, 0.3) is 32.3 Å². The van der Waals surface area contributed by atoms with E-state index in [9.17, 15) is 0 Å². The summed E-state index contributed by atoms with van der Waals surface area (Å²) in [5.41, 5.74) is 1.31. The van der Waals surface area contributed by atoms with Gasteiger partial charge in [-0.3, -0.25) is 0 Å². The van der Waals surface area contributed by atoms with Crippen molar-refractivity contribution in [3.63, 3.8) is 0 Å². The zero-order valence-corrected chi connectivity index (χ0v) is 10.5. The number of rotatable bonds is 2. The highest BCUT2D eigenvalue weighted by atomic mass is 14.1. The Balaban J connectivity index is 2.25. The summed E-state index contributed by atoms with van der Waals surface area (Å²) in [4.78, 5) is 0. The minimum atomic E-state index is 0.911. The van der Waals surface area contributed by atoms with E-state index in [1.807, 2.05) is 12.1 Å². The van der Waals surface area contributed by atoms with Crippen LogP contribution in [0, 0.1) is 12.1 Å². The first-order chi connectivity index (χ1) is 9.36. The Morgan fingerprint density at radius 2 is 1.53 bits per heavy atom. The van der Waals surface area contributed by atoms with Crippen LogP contribution in [0.4, 0.5) is 0 Å². The monoisotopic (exact) mass is 240 g/mol. The lowest BCUT2D eigenvalue weighted by Gasteiger charge is -2.11. The second kappa shape index (κ2) is 3.83. The molecule has 2 radical (unpaired) electrons. The van der Waals surface area contributed by atoms with E-state index in [0.717, 1.165) is 6.42 Å². The molecule has 4 aromatic carbocycles. The summed E-state index contributed by atoms with van der Waals surface area (Å²) in [6.07, 6.45) is 2.86. The van der Waals surface area contributed by atoms with E-state index in [1.165, 1.54) is 37.9 Å². The molecule has 0 N–H and O–H groups in total. The normalized spacial score (nSPS) is 11.6. The van der Waals surface area contributed by atoms with Crippen molar-refractivity contribution in [2.75, 3.05) is 0 Å². The Morgan fingerprint density at radius 3 is 2.11 bits per heavy atom. The largest absolute Gasteiger partial charge is 0.103 e. The SMILES string of the molecule is C=CCc1cc2ccc3[c]c[c]c4ccc(c1)c2c34. The van der Waals surface area contributed by atoms with Gasteiger partial charge in [0.05, 0.1) is 0 Å². The third kappa shape index (κ3) is 1.47. The van der Waals surface area contributed by atoms with E-state index in [-0.39, 0.29) is 0 Å². The Kier molecular flexibility index (Phi) is 2.13. The fraction of sp³-hybridized carbons (Fsp3) is 0.0526. The van der Waals surface area contributed by atoms with Gasteiger partial charge in [-0.15, -0.1) is 6.58 Å². The lowest BCUT2D eigenvalue weighted by molar-refractivity contribution is 1.30. The molecule has 0 unspecified atom stereocenters. The van der Waals surface area contributed by atoms with E-state index in [1.54, 1.807) is 0 Å². The molecular weight excluding hydrogens is 228 g/mol. The fourth-order valence-corrected chi connectivity index (χ4v) is 2.95. The topological polar surface area (TPSA) is 0 Å². The smallest absolute Gasteiger partial charge is 0.00143 e. The summed E-state index contributed by atoms with van der Waals surface area (Å²) in [6.45, 7) is 3.83. The minimum absolute atomic E-state index is 0.911. The van der Waals surface area contributed by atoms with E-state index in [2.05, 4.69) is 55.1 Å². The molecular formula is C19H12. The highest BCUT2D eigenvalue weighted by molar-refractivity contribution is 6.22. The molecule has 0 aromatic heterocycles. The zero-order valence-electron chi connectivity index (χ0n) is 10.5. The van der Waals surface area contributed by atoms with Crippen molar-refractivity contribution in [1.29, 1.82) is 0 Å². The molecule has 0 amide bonds. The van der Waals surface area contributed by atoms with Crippen LogP contribution in [0.3, 0.4) is 0 Å². The molecule has 4 rings (SSSR count). The number of hydrogen-bond acceptors (Lipinski definition) is 0. The van der Waals surface area contributed by atoms with Crippen LogP contribution in [0.5, 0.6) is 0 Å². The van der Waals surface area contributed by atoms with Crippen LogP contribution in [0.15, 0.2) is 55.1 Å². The maximum absolute atomic E-state index is 3.83. The Labute approximate surface area is 112 Å². The first-order valence-corrected chi connectivity index (χ1v) is 6.47. The summed E-state index contributed by atoms with van der Waals surface area (Å²) in [5, 5.41) is 7.53. The van der Waals surface area contributed by atoms with Gasteiger partial charge in [0.15, 0.2) is 0 Å². The average Bonchev–Trinajstić information content (AvgIpc) is 2.45. The molecule has 0 aliphatic rings. The van der Waals surface area contributed by atoms with Gasteiger partial charge in [-0.1, -0.05) is 42.5 Å². The van der Waals surface area contributed by atoms with Gasteiger partial charge in [-0.2, -0.15) is 0 Å². The summed E-state index contributed by atoms with van der Waals surface area (Å²) in [5.74, 6) is 0. The van der Waals surface area contributed by atoms with Gasteiger partial charge in [-0.25, -0.2) is 0 Å². The molecule has 0 saturated heterocycles. The van der Waals surface area contributed by atoms with Gasteiger partial charge >= 0.3 is 0 Å². The van der Waals surface area contributed by atoms with E-state index < -0.39 is 0 Å². The predicted molar refractivity (Wildman–Crippen MR) is 81.7 cm³/mol. The minimum Gasteiger partial charge on any atom is -0.103 e. The maximum Gasteiger partial charge on any atom is -0.00143 e. The highest BCUT2D eigenvalue weighted by Gasteiger charge is 2.08. The molecule has 0 heteroatoms. The quantitative estimate of drug-likeness (QED) is 0.345. The van der Waals surface area contributed by atoms with Crippen molar-refractivity contribution >= 4 is 32.3 Å². The maximum atomic E-state index is 3.83. The Bertz CT molecular complexity index is 836. The predicted octanol–water partition coefficient (Wildman–Crippen LogP) is 4.91. The van der Waals surface area contributed by atoms with Gasteiger partial charge in [0.2, 0.25) is 0 Å². The summed E-state index contributed by atoms with van der Waals surface area (Å²) in [6, 6.07) is 21.6. The first kappa shape index (κ1) is 10.6. The van der Waals surface area contributed by atoms with Crippen LogP contribution in [-0.2, 0) is 6.42 Å². The number of hydrogen-bond donors (Lipinski definition) is 0. The van der Waals surface area contributed by atoms with E-state index in [4.69, 9.17) is 0 Å². The van der Waals surface area contributed by atoms with Crippen molar-refractivity contribution in [3.8, 4) is 0 Å². The molecule has 0 nitrogen and oxygen atoms in total. The van der Waals surface area contributed by atoms with Crippen LogP contribution in [0.1, 0.15) is 5.56 Å². The Morgan fingerprint density at radius 1 is 0.895 bits per heavy atom. The zero-order chi connectivity index (χ0) is 12.8. The molecule has 0 heterocycles. The van der Waals surface area contributed by atoms with Gasteiger partial charge in [0.1, 0.15) is 0 Å². The molecule has 0 aliphatic heterocycles. The van der Waals surface area contributed by atoms with Crippen LogP contribution >= 0.6 is 0 Å². The second-order valence-corrected chi connectivity index (χ2v) is 4.94. The van der Waals surface area contributed by atoms with Gasteiger partial charge in [-0.05, 0) is 62.5 Å². The molecule has 0 spiro atoms. The van der Waals surface area contributed by atoms with Crippen LogP contribution in [-0.4, -0.2) is 0 Å². The van der Waals surface area contributed by atoms with Crippen molar-refractivity contribution in [3.05, 3.63) is 72.8 Å². The van der Waals surface area contributed by atoms with Crippen molar-refractivity contribution in [2.45, 2.75) is 6.42 Å². The van der Waals surface area contributed by atoms with Gasteiger partial charge in [0, 0.05) is 0 Å². The van der Waals surface area contributed by atoms with Crippen molar-refractivity contribution in [2.24, 2.45) is 0 Å². The molecule has 0 saturated carbocycles. The lowest BCUT2D eigenvalue weighted by Crippen LogP contribution is -1.87. The van der Waals surface area contributed by atoms with E-state index >= 15 is 0 Å². The third-order valence-electron chi connectivity index (χ3n) is 3.74. The molecule has 0 fully saturated rings. The molecule has 0 atom stereocenters. The van der Waals surface area contributed by atoms with Gasteiger partial charge < -0.3 is 0 Å². The van der Waals surface area contributed by atoms with Crippen molar-refractivity contribution < 1.29 is 0 Å². The summed E-state index contributed by atoms with van der Waals surface area (Å²) >= 11 is 0. The second-order valence-electron chi connectivity index (χ2n) is 4.94. The van der Waals surface area contributed by atoms with Gasteiger partial charge in [0.25, 0.3) is 0 Å². The average molecular weight is 240 g/mol. The van der Waals surface area contributed by atoms with Crippen LogP contribution in [0.2, 0.25) is 0 Å². The van der Waals surface area contributed by atoms with E-state index in [0.29, 0.717) is 0 Å². The highest BCUT2D eigenvalue weighted by Crippen LogP contribution is 2.34. The first-order valence-electron chi connectivity index (χ1n) is 6.47. The number of benzene rings is 4. The molecule has 19 heavy (non-hydrogen) atoms. The fourth-order valence-electron chi connectivity index (χ4n) is 2.95. The summed E-state index contributed by atoms with van der Waals surface area (Å²) < 4.78 is 0. The van der Waals surface area contributed by atoms with Crippen LogP contribution < -0.4 is 0 Å². The summed E-state index contributed by atoms with van der Waals surface area (Å²) in [7, 11) is 0. The standard InChI is InChI=1S/C19H12/c1-2-4-13-11-16-9-7-14-5-3-6-15-8-10-17(12-13)19(16)18(14)15/h2-3,7-12H,1,4H2. The molecule has 88 valence electrons. The third-order valence-corrected chi connectivity index (χ3v) is 3.74. The number of allylic oxidation sites excluding steroid dienone is 1. The Hall–Kier alpha value is -2.34. The van der Waals surface area contributed by atoms with Crippen molar-refractivity contribution in [1.82, 2.24) is 0 Å². The lowest BCUT2D eigenvalue weighted by atomic mass is 9.92.